The number of hydrogen-bond acceptors (Lipinski definition) is 4. The molecule has 0 aliphatic carbocycles. The van der Waals surface area contributed by atoms with Crippen molar-refractivity contribution in [3.8, 4) is 11.5 Å². The zero-order valence-electron chi connectivity index (χ0n) is 16.2. The highest BCUT2D eigenvalue weighted by Crippen LogP contribution is 2.30. The van der Waals surface area contributed by atoms with Crippen molar-refractivity contribution in [1.82, 2.24) is 4.90 Å². The van der Waals surface area contributed by atoms with E-state index in [2.05, 4.69) is 5.32 Å². The summed E-state index contributed by atoms with van der Waals surface area (Å²) in [6.45, 7) is 0.999. The van der Waals surface area contributed by atoms with Crippen LogP contribution in [0.2, 0.25) is 10.0 Å². The Balaban J connectivity index is 1.59. The van der Waals surface area contributed by atoms with Gasteiger partial charge in [-0.3, -0.25) is 9.59 Å². The molecule has 1 N–H and O–H groups in total. The van der Waals surface area contributed by atoms with Crippen LogP contribution in [0.4, 0.5) is 5.69 Å². The van der Waals surface area contributed by atoms with E-state index in [9.17, 15) is 9.59 Å². The summed E-state index contributed by atoms with van der Waals surface area (Å²) < 4.78 is 10.5. The molecule has 3 rings (SSSR count). The molecule has 0 saturated carbocycles. The normalized spacial score (nSPS) is 14.4. The summed E-state index contributed by atoms with van der Waals surface area (Å²) in [5, 5.41) is 3.75. The number of nitrogens with zero attached hydrogens (tertiary/aromatic N) is 1. The van der Waals surface area contributed by atoms with Crippen molar-refractivity contribution in [2.24, 2.45) is 5.92 Å². The van der Waals surface area contributed by atoms with Gasteiger partial charge in [0.2, 0.25) is 5.91 Å². The van der Waals surface area contributed by atoms with Gasteiger partial charge in [-0.1, -0.05) is 23.2 Å². The molecular formula is C21H22Cl2N2O4. The first-order valence-electron chi connectivity index (χ1n) is 9.20. The second-order valence-corrected chi connectivity index (χ2v) is 7.59. The molecule has 1 fully saturated rings. The minimum absolute atomic E-state index is 0.0921. The highest BCUT2D eigenvalue weighted by molar-refractivity contribution is 6.36. The van der Waals surface area contributed by atoms with Crippen LogP contribution in [0.15, 0.2) is 36.4 Å². The Morgan fingerprint density at radius 1 is 1.00 bits per heavy atom. The van der Waals surface area contributed by atoms with Crippen LogP contribution in [-0.2, 0) is 4.79 Å². The van der Waals surface area contributed by atoms with Crippen LogP contribution in [0.25, 0.3) is 0 Å². The quantitative estimate of drug-likeness (QED) is 0.748. The summed E-state index contributed by atoms with van der Waals surface area (Å²) in [4.78, 5) is 27.1. The van der Waals surface area contributed by atoms with Gasteiger partial charge >= 0.3 is 0 Å². The number of likely N-dealkylation sites (tertiary alicyclic amines) is 1. The Kier molecular flexibility index (Phi) is 6.87. The smallest absolute Gasteiger partial charge is 0.253 e. The Morgan fingerprint density at radius 2 is 1.69 bits per heavy atom. The topological polar surface area (TPSA) is 67.9 Å². The summed E-state index contributed by atoms with van der Waals surface area (Å²) in [6, 6.07) is 10.0. The molecule has 2 aromatic carbocycles. The third-order valence-electron chi connectivity index (χ3n) is 4.97. The van der Waals surface area contributed by atoms with E-state index in [1.165, 1.54) is 7.11 Å². The zero-order valence-corrected chi connectivity index (χ0v) is 17.7. The minimum atomic E-state index is -0.184. The van der Waals surface area contributed by atoms with Gasteiger partial charge in [-0.05, 0) is 49.2 Å². The number of piperidine rings is 1. The van der Waals surface area contributed by atoms with Gasteiger partial charge in [0.25, 0.3) is 5.91 Å². The number of hydrogen-bond donors (Lipinski definition) is 1. The van der Waals surface area contributed by atoms with Crippen LogP contribution in [0.3, 0.4) is 0 Å². The maximum Gasteiger partial charge on any atom is 0.253 e. The largest absolute Gasteiger partial charge is 0.493 e. The lowest BCUT2D eigenvalue weighted by Gasteiger charge is -2.31. The van der Waals surface area contributed by atoms with Crippen molar-refractivity contribution in [2.75, 3.05) is 32.6 Å². The van der Waals surface area contributed by atoms with Crippen molar-refractivity contribution in [3.05, 3.63) is 52.0 Å². The summed E-state index contributed by atoms with van der Waals surface area (Å²) in [5.41, 5.74) is 1.06. The molecule has 0 aromatic heterocycles. The maximum absolute atomic E-state index is 12.8. The van der Waals surface area contributed by atoms with Gasteiger partial charge in [0.05, 0.1) is 24.9 Å². The number of amides is 2. The molecule has 154 valence electrons. The predicted octanol–water partition coefficient (Wildman–Crippen LogP) is 4.50. The number of methoxy groups -OCH3 is 2. The van der Waals surface area contributed by atoms with E-state index < -0.39 is 0 Å². The van der Waals surface area contributed by atoms with Crippen molar-refractivity contribution >= 4 is 40.7 Å². The van der Waals surface area contributed by atoms with Crippen LogP contribution >= 0.6 is 23.2 Å². The van der Waals surface area contributed by atoms with E-state index in [0.717, 1.165) is 0 Å². The summed E-state index contributed by atoms with van der Waals surface area (Å²) >= 11 is 12.0. The Labute approximate surface area is 179 Å². The number of anilines is 1. The SMILES string of the molecule is COc1ccc(C(=O)N2CCC(C(=O)Nc3ccc(Cl)cc3Cl)CC2)cc1OC. The number of nitrogens with one attached hydrogen (secondary N) is 1. The van der Waals surface area contributed by atoms with E-state index in [0.29, 0.717) is 58.7 Å². The molecular weight excluding hydrogens is 415 g/mol. The number of carbonyl (C=O) groups excluding carboxylic acids is 2. The van der Waals surface area contributed by atoms with Gasteiger partial charge in [0, 0.05) is 29.6 Å². The lowest BCUT2D eigenvalue weighted by molar-refractivity contribution is -0.121. The van der Waals surface area contributed by atoms with Crippen molar-refractivity contribution in [3.63, 3.8) is 0 Å². The van der Waals surface area contributed by atoms with Crippen molar-refractivity contribution in [1.29, 1.82) is 0 Å². The van der Waals surface area contributed by atoms with E-state index in [1.54, 1.807) is 48.4 Å². The number of ether oxygens (including phenoxy) is 2. The lowest BCUT2D eigenvalue weighted by Crippen LogP contribution is -2.41. The average Bonchev–Trinajstić information content (AvgIpc) is 2.74. The van der Waals surface area contributed by atoms with Gasteiger partial charge in [-0.25, -0.2) is 0 Å². The van der Waals surface area contributed by atoms with E-state index in [1.807, 2.05) is 0 Å². The third-order valence-corrected chi connectivity index (χ3v) is 5.52. The molecule has 0 bridgehead atoms. The van der Waals surface area contributed by atoms with Crippen molar-refractivity contribution in [2.45, 2.75) is 12.8 Å². The van der Waals surface area contributed by atoms with Gasteiger partial charge in [-0.15, -0.1) is 0 Å². The highest BCUT2D eigenvalue weighted by atomic mass is 35.5. The van der Waals surface area contributed by atoms with Gasteiger partial charge < -0.3 is 19.7 Å². The summed E-state index contributed by atoms with van der Waals surface area (Å²) in [6.07, 6.45) is 1.16. The molecule has 29 heavy (non-hydrogen) atoms. The van der Waals surface area contributed by atoms with E-state index in [-0.39, 0.29) is 17.7 Å². The molecule has 1 aliphatic heterocycles. The third kappa shape index (κ3) is 4.95. The molecule has 1 aliphatic rings. The van der Waals surface area contributed by atoms with Crippen LogP contribution in [0.1, 0.15) is 23.2 Å². The Bertz CT molecular complexity index is 912. The number of rotatable bonds is 5. The molecule has 0 atom stereocenters. The molecule has 1 saturated heterocycles. The first-order valence-corrected chi connectivity index (χ1v) is 9.95. The molecule has 8 heteroatoms. The lowest BCUT2D eigenvalue weighted by atomic mass is 9.95. The van der Waals surface area contributed by atoms with Gasteiger partial charge in [0.15, 0.2) is 11.5 Å². The van der Waals surface area contributed by atoms with E-state index >= 15 is 0 Å². The van der Waals surface area contributed by atoms with Crippen LogP contribution in [0.5, 0.6) is 11.5 Å². The molecule has 0 unspecified atom stereocenters. The molecule has 2 aromatic rings. The average molecular weight is 437 g/mol. The molecule has 0 radical (unpaired) electrons. The monoisotopic (exact) mass is 436 g/mol. The van der Waals surface area contributed by atoms with Crippen LogP contribution < -0.4 is 14.8 Å². The standard InChI is InChI=1S/C21H22Cl2N2O4/c1-28-18-6-3-14(11-19(18)29-2)21(27)25-9-7-13(8-10-25)20(26)24-17-5-4-15(22)12-16(17)23/h3-6,11-13H,7-10H2,1-2H3,(H,24,26). The number of benzene rings is 2. The second kappa shape index (κ2) is 9.37. The molecule has 0 spiro atoms. The van der Waals surface area contributed by atoms with Gasteiger partial charge in [0.1, 0.15) is 0 Å². The predicted molar refractivity (Wildman–Crippen MR) is 113 cm³/mol. The number of halogens is 2. The van der Waals surface area contributed by atoms with Crippen LogP contribution in [0, 0.1) is 5.92 Å². The zero-order chi connectivity index (χ0) is 21.0. The molecule has 2 amide bonds. The fourth-order valence-electron chi connectivity index (χ4n) is 3.32. The first kappa shape index (κ1) is 21.3. The Hall–Kier alpha value is -2.44. The van der Waals surface area contributed by atoms with Crippen molar-refractivity contribution < 1.29 is 19.1 Å². The summed E-state index contributed by atoms with van der Waals surface area (Å²) in [7, 11) is 3.08. The Morgan fingerprint density at radius 3 is 2.31 bits per heavy atom. The maximum atomic E-state index is 12.8. The first-order chi connectivity index (χ1) is 13.9. The number of carbonyl (C=O) groups is 2. The fraction of sp³-hybridized carbons (Fsp3) is 0.333. The van der Waals surface area contributed by atoms with Crippen LogP contribution in [-0.4, -0.2) is 44.0 Å². The van der Waals surface area contributed by atoms with E-state index in [4.69, 9.17) is 32.7 Å². The van der Waals surface area contributed by atoms with Gasteiger partial charge in [-0.2, -0.15) is 0 Å². The minimum Gasteiger partial charge on any atom is -0.493 e. The second-order valence-electron chi connectivity index (χ2n) is 6.75. The molecule has 6 nitrogen and oxygen atoms in total. The summed E-state index contributed by atoms with van der Waals surface area (Å²) in [5.74, 6) is 0.696. The molecule has 1 heterocycles. The fourth-order valence-corrected chi connectivity index (χ4v) is 3.78. The highest BCUT2D eigenvalue weighted by Gasteiger charge is 2.28.